The minimum Gasteiger partial charge on any atom is -0.341 e. The molecule has 2 aromatic carbocycles. The van der Waals surface area contributed by atoms with E-state index in [-0.39, 0.29) is 5.91 Å². The van der Waals surface area contributed by atoms with Crippen molar-refractivity contribution < 1.29 is 9.32 Å². The van der Waals surface area contributed by atoms with Crippen molar-refractivity contribution in [1.29, 1.82) is 0 Å². The van der Waals surface area contributed by atoms with E-state index in [0.717, 1.165) is 5.56 Å². The van der Waals surface area contributed by atoms with E-state index in [1.165, 1.54) is 0 Å². The van der Waals surface area contributed by atoms with Crippen LogP contribution in [-0.4, -0.2) is 16.0 Å². The molecule has 0 aliphatic rings. The zero-order valence-electron chi connectivity index (χ0n) is 13.3. The Bertz CT molecular complexity index is 876. The molecule has 1 amide bonds. The maximum Gasteiger partial charge on any atom is 0.252 e. The number of benzene rings is 2. The summed E-state index contributed by atoms with van der Waals surface area (Å²) in [6.07, 6.45) is 0. The van der Waals surface area contributed by atoms with Crippen LogP contribution in [0.3, 0.4) is 0 Å². The predicted molar refractivity (Wildman–Crippen MR) is 91.8 cm³/mol. The maximum atomic E-state index is 12.4. The molecule has 1 N–H and O–H groups in total. The lowest BCUT2D eigenvalue weighted by Gasteiger charge is -2.11. The summed E-state index contributed by atoms with van der Waals surface area (Å²) in [6, 6.07) is 14.2. The first-order valence-electron chi connectivity index (χ1n) is 7.51. The first-order valence-corrected chi connectivity index (χ1v) is 7.89. The zero-order valence-corrected chi connectivity index (χ0v) is 14.0. The molecule has 0 saturated carbocycles. The first-order chi connectivity index (χ1) is 11.6. The molecule has 1 heterocycles. The molecule has 0 aliphatic carbocycles. The van der Waals surface area contributed by atoms with Gasteiger partial charge in [-0.05, 0) is 37.6 Å². The number of halogens is 1. The van der Waals surface area contributed by atoms with Crippen molar-refractivity contribution in [1.82, 2.24) is 15.5 Å². The lowest BCUT2D eigenvalue weighted by atomic mass is 10.1. The fourth-order valence-electron chi connectivity index (χ4n) is 2.33. The summed E-state index contributed by atoms with van der Waals surface area (Å²) in [7, 11) is 0. The molecule has 122 valence electrons. The third-order valence-electron chi connectivity index (χ3n) is 3.66. The summed E-state index contributed by atoms with van der Waals surface area (Å²) < 4.78 is 5.27. The van der Waals surface area contributed by atoms with Gasteiger partial charge in [-0.25, -0.2) is 0 Å². The molecule has 3 aromatic rings. The number of aryl methyl sites for hydroxylation is 1. The fraction of sp³-hybridized carbons (Fsp3) is 0.167. The summed E-state index contributed by atoms with van der Waals surface area (Å²) in [5, 5.41) is 7.35. The number of nitrogens with zero attached hydrogens (tertiary/aromatic N) is 2. The lowest BCUT2D eigenvalue weighted by molar-refractivity contribution is 0.0932. The van der Waals surface area contributed by atoms with E-state index in [0.29, 0.717) is 27.9 Å². The van der Waals surface area contributed by atoms with Gasteiger partial charge in [0, 0.05) is 11.1 Å². The Balaban J connectivity index is 1.77. The Morgan fingerprint density at radius 2 is 1.88 bits per heavy atom. The van der Waals surface area contributed by atoms with E-state index >= 15 is 0 Å². The number of carbonyl (C=O) groups is 1. The van der Waals surface area contributed by atoms with E-state index < -0.39 is 6.04 Å². The summed E-state index contributed by atoms with van der Waals surface area (Å²) >= 11 is 6.14. The Labute approximate surface area is 144 Å². The average Bonchev–Trinajstić information content (AvgIpc) is 3.05. The van der Waals surface area contributed by atoms with Gasteiger partial charge in [0.25, 0.3) is 5.91 Å². The number of nitrogens with one attached hydrogen (secondary N) is 1. The molecule has 0 saturated heterocycles. The number of aromatic nitrogens is 2. The number of rotatable bonds is 4. The second kappa shape index (κ2) is 6.84. The molecule has 1 atom stereocenters. The Morgan fingerprint density at radius 1 is 1.17 bits per heavy atom. The van der Waals surface area contributed by atoms with Crippen LogP contribution in [0, 0.1) is 6.92 Å². The van der Waals surface area contributed by atoms with Gasteiger partial charge in [0.05, 0.1) is 5.02 Å². The van der Waals surface area contributed by atoms with Gasteiger partial charge in [-0.3, -0.25) is 4.79 Å². The van der Waals surface area contributed by atoms with Crippen molar-refractivity contribution in [2.24, 2.45) is 0 Å². The second-order valence-electron chi connectivity index (χ2n) is 5.45. The maximum absolute atomic E-state index is 12.4. The van der Waals surface area contributed by atoms with E-state index in [2.05, 4.69) is 15.5 Å². The van der Waals surface area contributed by atoms with Gasteiger partial charge in [0.2, 0.25) is 11.7 Å². The SMILES string of the molecule is Cc1ccccc1C(=O)N[C@H](C)c1nc(-c2ccccc2Cl)no1. The highest BCUT2D eigenvalue weighted by Gasteiger charge is 2.19. The molecule has 6 heteroatoms. The summed E-state index contributed by atoms with van der Waals surface area (Å²) in [5.74, 6) is 0.539. The molecule has 0 unspecified atom stereocenters. The number of amides is 1. The van der Waals surface area contributed by atoms with Gasteiger partial charge < -0.3 is 9.84 Å². The molecular weight excluding hydrogens is 326 g/mol. The standard InChI is InChI=1S/C18H16ClN3O2/c1-11-7-3-4-8-13(11)17(23)20-12(2)18-21-16(22-24-18)14-9-5-6-10-15(14)19/h3-10,12H,1-2H3,(H,20,23)/t12-/m1/s1. The molecule has 3 rings (SSSR count). The van der Waals surface area contributed by atoms with Crippen LogP contribution in [0.4, 0.5) is 0 Å². The van der Waals surface area contributed by atoms with Gasteiger partial charge in [-0.15, -0.1) is 0 Å². The van der Waals surface area contributed by atoms with Crippen LogP contribution in [0.15, 0.2) is 53.1 Å². The smallest absolute Gasteiger partial charge is 0.252 e. The van der Waals surface area contributed by atoms with E-state index in [9.17, 15) is 4.79 Å². The molecule has 24 heavy (non-hydrogen) atoms. The van der Waals surface area contributed by atoms with Gasteiger partial charge in [0.15, 0.2) is 0 Å². The van der Waals surface area contributed by atoms with Crippen molar-refractivity contribution in [3.05, 3.63) is 70.6 Å². The largest absolute Gasteiger partial charge is 0.341 e. The van der Waals surface area contributed by atoms with Crippen molar-refractivity contribution in [3.63, 3.8) is 0 Å². The molecule has 5 nitrogen and oxygen atoms in total. The Morgan fingerprint density at radius 3 is 2.62 bits per heavy atom. The summed E-state index contributed by atoms with van der Waals surface area (Å²) in [5.41, 5.74) is 2.21. The van der Waals surface area contributed by atoms with Crippen LogP contribution in [0.2, 0.25) is 5.02 Å². The minimum absolute atomic E-state index is 0.182. The van der Waals surface area contributed by atoms with Gasteiger partial charge in [0.1, 0.15) is 6.04 Å². The van der Waals surface area contributed by atoms with Gasteiger partial charge in [-0.1, -0.05) is 47.1 Å². The van der Waals surface area contributed by atoms with Crippen molar-refractivity contribution >= 4 is 17.5 Å². The molecule has 0 radical (unpaired) electrons. The highest BCUT2D eigenvalue weighted by Crippen LogP contribution is 2.26. The molecular formula is C18H16ClN3O2. The third kappa shape index (κ3) is 3.31. The van der Waals surface area contributed by atoms with Crippen molar-refractivity contribution in [2.45, 2.75) is 19.9 Å². The van der Waals surface area contributed by atoms with Crippen LogP contribution >= 0.6 is 11.6 Å². The molecule has 0 fully saturated rings. The molecule has 0 aliphatic heterocycles. The van der Waals surface area contributed by atoms with E-state index in [1.54, 1.807) is 19.1 Å². The number of hydrogen-bond acceptors (Lipinski definition) is 4. The third-order valence-corrected chi connectivity index (χ3v) is 3.99. The number of hydrogen-bond donors (Lipinski definition) is 1. The molecule has 0 bridgehead atoms. The van der Waals surface area contributed by atoms with E-state index in [4.69, 9.17) is 16.1 Å². The van der Waals surface area contributed by atoms with Crippen molar-refractivity contribution in [3.8, 4) is 11.4 Å². The van der Waals surface area contributed by atoms with Crippen LogP contribution < -0.4 is 5.32 Å². The predicted octanol–water partition coefficient (Wildman–Crippen LogP) is 4.19. The second-order valence-corrected chi connectivity index (χ2v) is 5.85. The fourth-order valence-corrected chi connectivity index (χ4v) is 2.55. The highest BCUT2D eigenvalue weighted by atomic mass is 35.5. The van der Waals surface area contributed by atoms with Crippen molar-refractivity contribution in [2.75, 3.05) is 0 Å². The average molecular weight is 342 g/mol. The van der Waals surface area contributed by atoms with Gasteiger partial charge in [-0.2, -0.15) is 4.98 Å². The normalized spacial score (nSPS) is 12.0. The monoisotopic (exact) mass is 341 g/mol. The van der Waals surface area contributed by atoms with Crippen LogP contribution in [0.1, 0.15) is 34.8 Å². The summed E-state index contributed by atoms with van der Waals surface area (Å²) in [6.45, 7) is 3.68. The van der Waals surface area contributed by atoms with Crippen LogP contribution in [0.5, 0.6) is 0 Å². The quantitative estimate of drug-likeness (QED) is 0.772. The topological polar surface area (TPSA) is 68.0 Å². The lowest BCUT2D eigenvalue weighted by Crippen LogP contribution is -2.27. The molecule has 1 aromatic heterocycles. The number of carbonyl (C=O) groups excluding carboxylic acids is 1. The van der Waals surface area contributed by atoms with E-state index in [1.807, 2.05) is 43.3 Å². The molecule has 0 spiro atoms. The van der Waals surface area contributed by atoms with Crippen LogP contribution in [0.25, 0.3) is 11.4 Å². The highest BCUT2D eigenvalue weighted by molar-refractivity contribution is 6.33. The minimum atomic E-state index is -0.416. The summed E-state index contributed by atoms with van der Waals surface area (Å²) in [4.78, 5) is 16.7. The zero-order chi connectivity index (χ0) is 17.1. The van der Waals surface area contributed by atoms with Crippen LogP contribution in [-0.2, 0) is 0 Å². The first kappa shape index (κ1) is 16.2. The van der Waals surface area contributed by atoms with Gasteiger partial charge >= 0.3 is 0 Å². The Hall–Kier alpha value is -2.66. The Kier molecular flexibility index (Phi) is 4.62.